The summed E-state index contributed by atoms with van der Waals surface area (Å²) in [5.41, 5.74) is 2.03. The second-order valence-electron chi connectivity index (χ2n) is 19.9. The van der Waals surface area contributed by atoms with Crippen molar-refractivity contribution < 1.29 is 4.74 Å². The maximum atomic E-state index is 7.04. The summed E-state index contributed by atoms with van der Waals surface area (Å²) in [6, 6.07) is 0. The Bertz CT molecular complexity index is 473. The van der Waals surface area contributed by atoms with Gasteiger partial charge in [-0.1, -0.05) is 125 Å². The van der Waals surface area contributed by atoms with E-state index in [1.165, 1.54) is 38.5 Å². The van der Waals surface area contributed by atoms with E-state index >= 15 is 0 Å². The van der Waals surface area contributed by atoms with E-state index in [1.54, 1.807) is 0 Å². The van der Waals surface area contributed by atoms with Crippen molar-refractivity contribution in [2.24, 2.45) is 43.3 Å². The van der Waals surface area contributed by atoms with Crippen LogP contribution in [0.15, 0.2) is 0 Å². The van der Waals surface area contributed by atoms with Crippen molar-refractivity contribution in [3.63, 3.8) is 0 Å². The van der Waals surface area contributed by atoms with Gasteiger partial charge in [0.05, 0.1) is 13.2 Å². The average Bonchev–Trinajstić information content (AvgIpc) is 2.33. The molecule has 0 aromatic carbocycles. The molecule has 0 aromatic rings. The molecule has 0 saturated heterocycles. The molecule has 0 fully saturated rings. The van der Waals surface area contributed by atoms with E-state index in [0.29, 0.717) is 0 Å². The van der Waals surface area contributed by atoms with Crippen LogP contribution in [0.25, 0.3) is 0 Å². The van der Waals surface area contributed by atoms with Gasteiger partial charge in [0.1, 0.15) is 0 Å². The van der Waals surface area contributed by atoms with E-state index in [-0.39, 0.29) is 43.3 Å². The predicted molar refractivity (Wildman–Crippen MR) is 160 cm³/mol. The zero-order chi connectivity index (χ0) is 28.4. The smallest absolute Gasteiger partial charge is 0.0523 e. The third-order valence-corrected chi connectivity index (χ3v) is 6.25. The first-order chi connectivity index (χ1) is 14.9. The third kappa shape index (κ3) is 18.0. The minimum absolute atomic E-state index is 0.186. The van der Waals surface area contributed by atoms with E-state index in [4.69, 9.17) is 4.74 Å². The lowest BCUT2D eigenvalue weighted by molar-refractivity contribution is -0.0807. The number of ether oxygens (including phenoxy) is 1. The van der Waals surface area contributed by atoms with Crippen molar-refractivity contribution in [3.05, 3.63) is 0 Å². The molecule has 0 heterocycles. The quantitative estimate of drug-likeness (QED) is 0.293. The van der Waals surface area contributed by atoms with Crippen LogP contribution in [-0.2, 0) is 4.74 Å². The normalized spacial score (nSPS) is 15.6. The van der Waals surface area contributed by atoms with Gasteiger partial charge in [0, 0.05) is 0 Å². The largest absolute Gasteiger partial charge is 0.380 e. The summed E-state index contributed by atoms with van der Waals surface area (Å²) in [5.74, 6) is 0. The first-order valence-electron chi connectivity index (χ1n) is 14.5. The molecule has 35 heavy (non-hydrogen) atoms. The van der Waals surface area contributed by atoms with Gasteiger partial charge < -0.3 is 4.74 Å². The van der Waals surface area contributed by atoms with Crippen molar-refractivity contribution in [2.45, 2.75) is 163 Å². The van der Waals surface area contributed by atoms with Gasteiger partial charge in [0.2, 0.25) is 0 Å². The van der Waals surface area contributed by atoms with Crippen molar-refractivity contribution in [2.75, 3.05) is 13.2 Å². The molecule has 212 valence electrons. The Kier molecular flexibility index (Phi) is 11.4. The van der Waals surface area contributed by atoms with Crippen molar-refractivity contribution in [1.29, 1.82) is 0 Å². The highest BCUT2D eigenvalue weighted by atomic mass is 16.5. The fourth-order valence-corrected chi connectivity index (χ4v) is 7.92. The highest BCUT2D eigenvalue weighted by molar-refractivity contribution is 4.94. The summed E-state index contributed by atoms with van der Waals surface area (Å²) in [6.07, 6.45) is 7.25. The standard InChI is InChI=1S/C34H70O/c1-27(2,3)19-33(20-28(4,5)6,21-29(7,8)9)25-35-26-34(22-30(10,11)12,23-31(13,14)15)24-32(16,17)18/h19-26H2,1-18H3. The molecule has 0 aromatic heterocycles. The highest BCUT2D eigenvalue weighted by Gasteiger charge is 2.44. The van der Waals surface area contributed by atoms with Gasteiger partial charge in [-0.05, 0) is 81.8 Å². The van der Waals surface area contributed by atoms with Gasteiger partial charge in [-0.3, -0.25) is 0 Å². The fourth-order valence-electron chi connectivity index (χ4n) is 7.92. The summed E-state index contributed by atoms with van der Waals surface area (Å²) in [7, 11) is 0. The van der Waals surface area contributed by atoms with Crippen LogP contribution in [0.5, 0.6) is 0 Å². The minimum Gasteiger partial charge on any atom is -0.380 e. The summed E-state index contributed by atoms with van der Waals surface area (Å²) >= 11 is 0. The fraction of sp³-hybridized carbons (Fsp3) is 1.00. The Morgan fingerprint density at radius 2 is 0.429 bits per heavy atom. The summed E-state index contributed by atoms with van der Waals surface area (Å²) in [6.45, 7) is 45.2. The first-order valence-corrected chi connectivity index (χ1v) is 14.5. The lowest BCUT2D eigenvalue weighted by Crippen LogP contribution is -2.42. The summed E-state index contributed by atoms with van der Waals surface area (Å²) < 4.78 is 7.04. The van der Waals surface area contributed by atoms with Crippen LogP contribution in [0, 0.1) is 43.3 Å². The molecule has 0 radical (unpaired) electrons. The second-order valence-corrected chi connectivity index (χ2v) is 19.9. The maximum absolute atomic E-state index is 7.04. The number of rotatable bonds is 10. The lowest BCUT2D eigenvalue weighted by Gasteiger charge is -2.48. The Balaban J connectivity index is 6.35. The van der Waals surface area contributed by atoms with E-state index in [1.807, 2.05) is 0 Å². The van der Waals surface area contributed by atoms with Gasteiger partial charge in [-0.15, -0.1) is 0 Å². The van der Waals surface area contributed by atoms with E-state index in [2.05, 4.69) is 125 Å². The SMILES string of the molecule is CC(C)(C)CC(COCC(CC(C)(C)C)(CC(C)(C)C)CC(C)(C)C)(CC(C)(C)C)CC(C)(C)C. The molecule has 0 aliphatic carbocycles. The number of hydrogen-bond donors (Lipinski definition) is 0. The van der Waals surface area contributed by atoms with Crippen molar-refractivity contribution >= 4 is 0 Å². The predicted octanol–water partition coefficient (Wildman–Crippen LogP) is 11.6. The Labute approximate surface area is 224 Å². The Hall–Kier alpha value is -0.0400. The molecule has 0 rings (SSSR count). The Morgan fingerprint density at radius 1 is 0.286 bits per heavy atom. The van der Waals surface area contributed by atoms with Crippen LogP contribution in [-0.4, -0.2) is 13.2 Å². The van der Waals surface area contributed by atoms with Crippen molar-refractivity contribution in [1.82, 2.24) is 0 Å². The molecule has 0 N–H and O–H groups in total. The summed E-state index contributed by atoms with van der Waals surface area (Å²) in [4.78, 5) is 0. The van der Waals surface area contributed by atoms with Crippen LogP contribution < -0.4 is 0 Å². The molecular formula is C34H70O. The molecular weight excluding hydrogens is 424 g/mol. The third-order valence-electron chi connectivity index (χ3n) is 6.25. The van der Waals surface area contributed by atoms with Crippen LogP contribution in [0.3, 0.4) is 0 Å². The van der Waals surface area contributed by atoms with Gasteiger partial charge in [-0.2, -0.15) is 0 Å². The molecule has 0 spiro atoms. The zero-order valence-electron chi connectivity index (χ0n) is 28.1. The van der Waals surface area contributed by atoms with Gasteiger partial charge in [-0.25, -0.2) is 0 Å². The van der Waals surface area contributed by atoms with E-state index < -0.39 is 0 Å². The van der Waals surface area contributed by atoms with E-state index in [9.17, 15) is 0 Å². The summed E-state index contributed by atoms with van der Waals surface area (Å²) in [5, 5.41) is 0. The van der Waals surface area contributed by atoms with Crippen molar-refractivity contribution in [3.8, 4) is 0 Å². The molecule has 0 aliphatic heterocycles. The highest BCUT2D eigenvalue weighted by Crippen LogP contribution is 2.52. The zero-order valence-corrected chi connectivity index (χ0v) is 28.1. The van der Waals surface area contributed by atoms with E-state index in [0.717, 1.165) is 13.2 Å². The van der Waals surface area contributed by atoms with Crippen LogP contribution in [0.1, 0.15) is 163 Å². The molecule has 0 atom stereocenters. The monoisotopic (exact) mass is 495 g/mol. The minimum atomic E-state index is 0.186. The average molecular weight is 495 g/mol. The molecule has 1 heteroatoms. The van der Waals surface area contributed by atoms with Crippen LogP contribution in [0.4, 0.5) is 0 Å². The molecule has 0 amide bonds. The van der Waals surface area contributed by atoms with Crippen LogP contribution in [0.2, 0.25) is 0 Å². The Morgan fingerprint density at radius 3 is 0.543 bits per heavy atom. The molecule has 0 bridgehead atoms. The molecule has 0 saturated carbocycles. The molecule has 0 unspecified atom stereocenters. The number of hydrogen-bond acceptors (Lipinski definition) is 1. The maximum Gasteiger partial charge on any atom is 0.0523 e. The van der Waals surface area contributed by atoms with Gasteiger partial charge >= 0.3 is 0 Å². The van der Waals surface area contributed by atoms with Gasteiger partial charge in [0.15, 0.2) is 0 Å². The van der Waals surface area contributed by atoms with Gasteiger partial charge in [0.25, 0.3) is 0 Å². The molecule has 1 nitrogen and oxygen atoms in total. The molecule has 0 aliphatic rings. The van der Waals surface area contributed by atoms with Crippen LogP contribution >= 0.6 is 0 Å². The lowest BCUT2D eigenvalue weighted by atomic mass is 9.60. The second kappa shape index (κ2) is 11.4. The topological polar surface area (TPSA) is 9.23 Å². The first kappa shape index (κ1) is 35.0.